The third-order valence-corrected chi connectivity index (χ3v) is 2.04. The van der Waals surface area contributed by atoms with Crippen LogP contribution < -0.4 is 0 Å². The second-order valence-corrected chi connectivity index (χ2v) is 2.84. The second kappa shape index (κ2) is 3.89. The Labute approximate surface area is 57.4 Å². The zero-order chi connectivity index (χ0) is 6.53. The average Bonchev–Trinajstić information content (AvgIpc) is 1.91. The molecule has 1 nitrogen and oxygen atoms in total. The predicted molar refractivity (Wildman–Crippen MR) is 38.5 cm³/mol. The first-order valence-corrected chi connectivity index (χ1v) is 4.01. The molecule has 0 amide bonds. The molecule has 0 atom stereocenters. The van der Waals surface area contributed by atoms with Gasteiger partial charge < -0.3 is 4.74 Å². The first kappa shape index (κ1) is 7.07. The summed E-state index contributed by atoms with van der Waals surface area (Å²) in [5.41, 5.74) is 0. The fraction of sp³-hybridized carbons (Fsp3) is 1.00. The van der Waals surface area contributed by atoms with Gasteiger partial charge >= 0.3 is 0 Å². The number of hydrogen-bond acceptors (Lipinski definition) is 1. The molecule has 9 heavy (non-hydrogen) atoms. The Bertz CT molecular complexity index is 62.2. The van der Waals surface area contributed by atoms with Crippen LogP contribution in [0.25, 0.3) is 0 Å². The minimum Gasteiger partial charge on any atom is -0.381 e. The van der Waals surface area contributed by atoms with Crippen molar-refractivity contribution in [3.05, 3.63) is 0 Å². The van der Waals surface area contributed by atoms with Crippen LogP contribution in [0.4, 0.5) is 0 Å². The normalized spacial score (nSPS) is 22.3. The van der Waals surface area contributed by atoms with E-state index in [1.165, 1.54) is 25.7 Å². The molecule has 1 fully saturated rings. The zero-order valence-electron chi connectivity index (χ0n) is 6.23. The Morgan fingerprint density at radius 2 is 2.00 bits per heavy atom. The SMILES string of the molecule is CCCC1CCOCC1. The van der Waals surface area contributed by atoms with E-state index in [0.29, 0.717) is 0 Å². The van der Waals surface area contributed by atoms with Crippen LogP contribution >= 0.6 is 0 Å². The summed E-state index contributed by atoms with van der Waals surface area (Å²) in [6.45, 7) is 4.27. The molecule has 1 heteroatoms. The van der Waals surface area contributed by atoms with Gasteiger partial charge in [-0.2, -0.15) is 0 Å². The molecular weight excluding hydrogens is 112 g/mol. The van der Waals surface area contributed by atoms with Gasteiger partial charge in [0.2, 0.25) is 0 Å². The maximum absolute atomic E-state index is 5.25. The van der Waals surface area contributed by atoms with Crippen LogP contribution in [0, 0.1) is 5.92 Å². The van der Waals surface area contributed by atoms with Gasteiger partial charge in [0.25, 0.3) is 0 Å². The molecule has 0 aliphatic carbocycles. The van der Waals surface area contributed by atoms with Gasteiger partial charge in [-0.1, -0.05) is 19.8 Å². The highest BCUT2D eigenvalue weighted by atomic mass is 16.5. The van der Waals surface area contributed by atoms with Crippen molar-refractivity contribution in [3.8, 4) is 0 Å². The van der Waals surface area contributed by atoms with E-state index in [2.05, 4.69) is 6.92 Å². The standard InChI is InChI=1S/C8H16O/c1-2-3-8-4-6-9-7-5-8/h8H,2-7H2,1H3. The fourth-order valence-corrected chi connectivity index (χ4v) is 1.44. The largest absolute Gasteiger partial charge is 0.381 e. The molecule has 0 aromatic heterocycles. The van der Waals surface area contributed by atoms with Gasteiger partial charge in [0.15, 0.2) is 0 Å². The summed E-state index contributed by atoms with van der Waals surface area (Å²) in [5, 5.41) is 0. The van der Waals surface area contributed by atoms with E-state index < -0.39 is 0 Å². The highest BCUT2D eigenvalue weighted by molar-refractivity contribution is 4.61. The minimum absolute atomic E-state index is 0.976. The molecule has 1 aliphatic heterocycles. The van der Waals surface area contributed by atoms with Gasteiger partial charge in [-0.05, 0) is 18.8 Å². The molecule has 0 N–H and O–H groups in total. The highest BCUT2D eigenvalue weighted by Gasteiger charge is 2.11. The molecule has 0 unspecified atom stereocenters. The van der Waals surface area contributed by atoms with E-state index in [-0.39, 0.29) is 0 Å². The lowest BCUT2D eigenvalue weighted by Gasteiger charge is -2.20. The van der Waals surface area contributed by atoms with Gasteiger partial charge in [-0.25, -0.2) is 0 Å². The van der Waals surface area contributed by atoms with Crippen LogP contribution in [0.15, 0.2) is 0 Å². The van der Waals surface area contributed by atoms with Crippen molar-refractivity contribution in [1.82, 2.24) is 0 Å². The molecule has 54 valence electrons. The van der Waals surface area contributed by atoms with Gasteiger partial charge in [-0.3, -0.25) is 0 Å². The summed E-state index contributed by atoms with van der Waals surface area (Å²) < 4.78 is 5.25. The molecule has 0 bridgehead atoms. The Hall–Kier alpha value is -0.0400. The number of ether oxygens (including phenoxy) is 1. The van der Waals surface area contributed by atoms with E-state index in [1.54, 1.807) is 0 Å². The molecule has 1 heterocycles. The summed E-state index contributed by atoms with van der Waals surface area (Å²) in [6.07, 6.45) is 5.34. The van der Waals surface area contributed by atoms with Crippen molar-refractivity contribution in [1.29, 1.82) is 0 Å². The van der Waals surface area contributed by atoms with E-state index in [0.717, 1.165) is 19.1 Å². The third-order valence-electron chi connectivity index (χ3n) is 2.04. The molecule has 0 saturated carbocycles. The maximum Gasteiger partial charge on any atom is 0.0468 e. The van der Waals surface area contributed by atoms with Gasteiger partial charge in [0.05, 0.1) is 0 Å². The van der Waals surface area contributed by atoms with Crippen LogP contribution in [0.3, 0.4) is 0 Å². The van der Waals surface area contributed by atoms with Crippen LogP contribution in [0.2, 0.25) is 0 Å². The molecule has 1 rings (SSSR count). The lowest BCUT2D eigenvalue weighted by molar-refractivity contribution is 0.0637. The Balaban J connectivity index is 2.08. The first-order valence-electron chi connectivity index (χ1n) is 4.01. The topological polar surface area (TPSA) is 9.23 Å². The molecule has 0 spiro atoms. The van der Waals surface area contributed by atoms with Crippen LogP contribution in [0.5, 0.6) is 0 Å². The highest BCUT2D eigenvalue weighted by Crippen LogP contribution is 2.19. The van der Waals surface area contributed by atoms with Crippen molar-refractivity contribution in [2.75, 3.05) is 13.2 Å². The lowest BCUT2D eigenvalue weighted by Crippen LogP contribution is -2.14. The summed E-state index contributed by atoms with van der Waals surface area (Å²) in [7, 11) is 0. The number of rotatable bonds is 2. The minimum atomic E-state index is 0.976. The Morgan fingerprint density at radius 1 is 1.33 bits per heavy atom. The van der Waals surface area contributed by atoms with Gasteiger partial charge in [-0.15, -0.1) is 0 Å². The van der Waals surface area contributed by atoms with Crippen LogP contribution in [-0.4, -0.2) is 13.2 Å². The third kappa shape index (κ3) is 2.35. The molecule has 0 radical (unpaired) electrons. The van der Waals surface area contributed by atoms with Crippen LogP contribution in [-0.2, 0) is 4.74 Å². The fourth-order valence-electron chi connectivity index (χ4n) is 1.44. The second-order valence-electron chi connectivity index (χ2n) is 2.84. The Kier molecular flexibility index (Phi) is 3.05. The first-order chi connectivity index (χ1) is 4.43. The van der Waals surface area contributed by atoms with Gasteiger partial charge in [0, 0.05) is 13.2 Å². The zero-order valence-corrected chi connectivity index (χ0v) is 6.23. The summed E-state index contributed by atoms with van der Waals surface area (Å²) in [6, 6.07) is 0. The van der Waals surface area contributed by atoms with Crippen LogP contribution in [0.1, 0.15) is 32.6 Å². The predicted octanol–water partition coefficient (Wildman–Crippen LogP) is 2.21. The molecule has 0 aromatic carbocycles. The average molecular weight is 128 g/mol. The molecular formula is C8H16O. The lowest BCUT2D eigenvalue weighted by atomic mass is 9.95. The monoisotopic (exact) mass is 128 g/mol. The quantitative estimate of drug-likeness (QED) is 0.554. The Morgan fingerprint density at radius 3 is 2.56 bits per heavy atom. The van der Waals surface area contributed by atoms with E-state index in [1.807, 2.05) is 0 Å². The van der Waals surface area contributed by atoms with Crippen molar-refractivity contribution in [2.45, 2.75) is 32.6 Å². The summed E-state index contributed by atoms with van der Waals surface area (Å²) >= 11 is 0. The summed E-state index contributed by atoms with van der Waals surface area (Å²) in [5.74, 6) is 0.976. The van der Waals surface area contributed by atoms with Gasteiger partial charge in [0.1, 0.15) is 0 Å². The number of hydrogen-bond donors (Lipinski definition) is 0. The van der Waals surface area contributed by atoms with E-state index >= 15 is 0 Å². The van der Waals surface area contributed by atoms with Crippen molar-refractivity contribution < 1.29 is 4.74 Å². The maximum atomic E-state index is 5.25. The molecule has 1 saturated heterocycles. The summed E-state index contributed by atoms with van der Waals surface area (Å²) in [4.78, 5) is 0. The van der Waals surface area contributed by atoms with Crippen molar-refractivity contribution in [2.24, 2.45) is 5.92 Å². The molecule has 0 aromatic rings. The van der Waals surface area contributed by atoms with Crippen molar-refractivity contribution >= 4 is 0 Å². The van der Waals surface area contributed by atoms with Crippen molar-refractivity contribution in [3.63, 3.8) is 0 Å². The smallest absolute Gasteiger partial charge is 0.0468 e. The van der Waals surface area contributed by atoms with E-state index in [4.69, 9.17) is 4.74 Å². The molecule has 1 aliphatic rings. The van der Waals surface area contributed by atoms with E-state index in [9.17, 15) is 0 Å².